The third-order valence-electron chi connectivity index (χ3n) is 6.68. The average molecular weight is 559 g/mol. The van der Waals surface area contributed by atoms with E-state index in [0.29, 0.717) is 47.6 Å². The average Bonchev–Trinajstić information content (AvgIpc) is 2.98. The predicted molar refractivity (Wildman–Crippen MR) is 156 cm³/mol. The first kappa shape index (κ1) is 29.2. The topological polar surface area (TPSA) is 103 Å². The number of anilines is 1. The summed E-state index contributed by atoms with van der Waals surface area (Å²) < 4.78 is 22.6. The minimum absolute atomic E-state index is 0.190. The van der Waals surface area contributed by atoms with Gasteiger partial charge in [-0.3, -0.25) is 14.9 Å². The lowest BCUT2D eigenvalue weighted by Crippen LogP contribution is -2.54. The lowest BCUT2D eigenvalue weighted by Gasteiger charge is -2.26. The van der Waals surface area contributed by atoms with Crippen LogP contribution in [0.3, 0.4) is 0 Å². The number of benzene rings is 3. The summed E-state index contributed by atoms with van der Waals surface area (Å²) in [6, 6.07) is 18.7. The van der Waals surface area contributed by atoms with Gasteiger partial charge < -0.3 is 18.9 Å². The third kappa shape index (κ3) is 7.05. The van der Waals surface area contributed by atoms with Crippen molar-refractivity contribution in [2.75, 3.05) is 31.8 Å². The highest BCUT2D eigenvalue weighted by molar-refractivity contribution is 6.39. The van der Waals surface area contributed by atoms with Crippen LogP contribution in [0.2, 0.25) is 0 Å². The van der Waals surface area contributed by atoms with Crippen LogP contribution in [0.25, 0.3) is 6.08 Å². The van der Waals surface area contributed by atoms with Gasteiger partial charge in [-0.15, -0.1) is 0 Å². The molecular weight excluding hydrogens is 524 g/mol. The van der Waals surface area contributed by atoms with E-state index in [0.717, 1.165) is 17.1 Å². The molecule has 4 amide bonds. The van der Waals surface area contributed by atoms with E-state index >= 15 is 0 Å². The van der Waals surface area contributed by atoms with Crippen molar-refractivity contribution in [3.63, 3.8) is 0 Å². The molecule has 1 heterocycles. The number of hydrogen-bond acceptors (Lipinski definition) is 7. The zero-order valence-electron chi connectivity index (χ0n) is 23.6. The number of imide groups is 2. The zero-order valence-corrected chi connectivity index (χ0v) is 23.6. The fourth-order valence-electron chi connectivity index (χ4n) is 4.23. The summed E-state index contributed by atoms with van der Waals surface area (Å²) in [5, 5.41) is 2.23. The molecular formula is C32H34N2O7. The molecule has 1 unspecified atom stereocenters. The van der Waals surface area contributed by atoms with Crippen LogP contribution < -0.4 is 29.2 Å². The van der Waals surface area contributed by atoms with Gasteiger partial charge in [0.05, 0.1) is 19.4 Å². The van der Waals surface area contributed by atoms with Gasteiger partial charge in [0.1, 0.15) is 30.3 Å². The molecule has 4 rings (SSSR count). The summed E-state index contributed by atoms with van der Waals surface area (Å²) >= 11 is 0. The zero-order chi connectivity index (χ0) is 29.4. The summed E-state index contributed by atoms with van der Waals surface area (Å²) in [5.74, 6) is 1.27. The van der Waals surface area contributed by atoms with Crippen molar-refractivity contribution in [3.05, 3.63) is 83.4 Å². The summed E-state index contributed by atoms with van der Waals surface area (Å²) in [4.78, 5) is 39.2. The molecule has 214 valence electrons. The lowest BCUT2D eigenvalue weighted by molar-refractivity contribution is -0.122. The van der Waals surface area contributed by atoms with Gasteiger partial charge >= 0.3 is 6.03 Å². The SMILES string of the molecule is CCOc1cc(/C=C2/C(=O)NC(=O)N(c3ccc(OC)cc3)C2=O)ccc1OCCOc1ccc(C(C)CC)cc1. The van der Waals surface area contributed by atoms with E-state index in [1.807, 2.05) is 19.1 Å². The monoisotopic (exact) mass is 558 g/mol. The van der Waals surface area contributed by atoms with E-state index in [1.165, 1.54) is 18.7 Å². The van der Waals surface area contributed by atoms with E-state index in [1.54, 1.807) is 42.5 Å². The molecule has 9 nitrogen and oxygen atoms in total. The largest absolute Gasteiger partial charge is 0.497 e. The predicted octanol–water partition coefficient (Wildman–Crippen LogP) is 5.73. The molecule has 1 fully saturated rings. The second-order valence-electron chi connectivity index (χ2n) is 9.37. The first-order chi connectivity index (χ1) is 19.8. The van der Waals surface area contributed by atoms with Crippen molar-refractivity contribution in [1.29, 1.82) is 0 Å². The number of rotatable bonds is 12. The van der Waals surface area contributed by atoms with Crippen LogP contribution in [-0.2, 0) is 9.59 Å². The lowest BCUT2D eigenvalue weighted by atomic mass is 9.99. The van der Waals surface area contributed by atoms with E-state index in [9.17, 15) is 14.4 Å². The minimum atomic E-state index is -0.824. The summed E-state index contributed by atoms with van der Waals surface area (Å²) in [6.45, 7) is 7.21. The van der Waals surface area contributed by atoms with E-state index in [-0.39, 0.29) is 12.2 Å². The van der Waals surface area contributed by atoms with Crippen LogP contribution in [0, 0.1) is 0 Å². The van der Waals surface area contributed by atoms with Crippen molar-refractivity contribution >= 4 is 29.6 Å². The number of nitrogens with zero attached hydrogens (tertiary/aromatic N) is 1. The fourth-order valence-corrected chi connectivity index (χ4v) is 4.23. The van der Waals surface area contributed by atoms with Crippen molar-refractivity contribution in [3.8, 4) is 23.0 Å². The summed E-state index contributed by atoms with van der Waals surface area (Å²) in [7, 11) is 1.52. The molecule has 9 heteroatoms. The van der Waals surface area contributed by atoms with Crippen LogP contribution in [-0.4, -0.2) is 44.8 Å². The molecule has 0 aliphatic carbocycles. The van der Waals surface area contributed by atoms with Gasteiger partial charge in [0.2, 0.25) is 0 Å². The maximum absolute atomic E-state index is 13.2. The van der Waals surface area contributed by atoms with E-state index in [4.69, 9.17) is 18.9 Å². The quantitative estimate of drug-likeness (QED) is 0.172. The Morgan fingerprint density at radius 1 is 0.829 bits per heavy atom. The fraction of sp³-hybridized carbons (Fsp3) is 0.281. The molecule has 0 saturated carbocycles. The number of barbiturate groups is 1. The molecule has 1 atom stereocenters. The Morgan fingerprint density at radius 3 is 2.17 bits per heavy atom. The van der Waals surface area contributed by atoms with Crippen LogP contribution in [0.4, 0.5) is 10.5 Å². The van der Waals surface area contributed by atoms with Crippen molar-refractivity contribution < 1.29 is 33.3 Å². The Labute approximate surface area is 239 Å². The van der Waals surface area contributed by atoms with Crippen LogP contribution in [0.5, 0.6) is 23.0 Å². The number of urea groups is 1. The van der Waals surface area contributed by atoms with Crippen molar-refractivity contribution in [2.45, 2.75) is 33.1 Å². The van der Waals surface area contributed by atoms with Crippen LogP contribution in [0.15, 0.2) is 72.3 Å². The van der Waals surface area contributed by atoms with Gasteiger partial charge in [0.25, 0.3) is 11.8 Å². The number of carbonyl (C=O) groups is 3. The number of methoxy groups -OCH3 is 1. The van der Waals surface area contributed by atoms with Gasteiger partial charge in [-0.05, 0) is 85.0 Å². The molecule has 0 bridgehead atoms. The molecule has 1 N–H and O–H groups in total. The molecule has 0 spiro atoms. The Balaban J connectivity index is 1.45. The number of ether oxygens (including phenoxy) is 4. The number of nitrogens with one attached hydrogen (secondary N) is 1. The van der Waals surface area contributed by atoms with E-state index in [2.05, 4.69) is 31.3 Å². The van der Waals surface area contributed by atoms with Gasteiger partial charge in [-0.25, -0.2) is 9.69 Å². The van der Waals surface area contributed by atoms with Crippen molar-refractivity contribution in [2.24, 2.45) is 0 Å². The second-order valence-corrected chi connectivity index (χ2v) is 9.37. The summed E-state index contributed by atoms with van der Waals surface area (Å²) in [5.41, 5.74) is 1.92. The molecule has 0 aromatic heterocycles. The smallest absolute Gasteiger partial charge is 0.335 e. The second kappa shape index (κ2) is 13.5. The Morgan fingerprint density at radius 2 is 1.51 bits per heavy atom. The highest BCUT2D eigenvalue weighted by Crippen LogP contribution is 2.31. The molecule has 3 aromatic rings. The van der Waals surface area contributed by atoms with Crippen LogP contribution in [0.1, 0.15) is 44.2 Å². The van der Waals surface area contributed by atoms with Gasteiger partial charge in [0, 0.05) is 0 Å². The Bertz CT molecular complexity index is 1410. The van der Waals surface area contributed by atoms with E-state index < -0.39 is 17.8 Å². The minimum Gasteiger partial charge on any atom is -0.497 e. The van der Waals surface area contributed by atoms with Gasteiger partial charge in [-0.1, -0.05) is 32.0 Å². The first-order valence-corrected chi connectivity index (χ1v) is 13.5. The third-order valence-corrected chi connectivity index (χ3v) is 6.68. The molecule has 1 aliphatic rings. The molecule has 1 aliphatic heterocycles. The number of carbonyl (C=O) groups excluding carboxylic acids is 3. The molecule has 3 aromatic carbocycles. The molecule has 0 radical (unpaired) electrons. The van der Waals surface area contributed by atoms with Crippen molar-refractivity contribution in [1.82, 2.24) is 5.32 Å². The highest BCUT2D eigenvalue weighted by atomic mass is 16.5. The number of amides is 4. The normalized spacial score (nSPS) is 15.0. The summed E-state index contributed by atoms with van der Waals surface area (Å²) in [6.07, 6.45) is 2.50. The van der Waals surface area contributed by atoms with Gasteiger partial charge in [-0.2, -0.15) is 0 Å². The number of hydrogen-bond donors (Lipinski definition) is 1. The highest BCUT2D eigenvalue weighted by Gasteiger charge is 2.36. The Kier molecular flexibility index (Phi) is 9.63. The molecule has 1 saturated heterocycles. The maximum Gasteiger partial charge on any atom is 0.335 e. The maximum atomic E-state index is 13.2. The standard InChI is InChI=1S/C32H34N2O7/c1-5-21(3)23-8-12-26(13-9-23)40-17-18-41-28-16-7-22(20-29(28)39-6-2)19-27-30(35)33-32(37)34(31(27)36)24-10-14-25(38-4)15-11-24/h7-16,19-21H,5-6,17-18H2,1-4H3,(H,33,35,37)/b27-19-. The van der Waals surface area contributed by atoms with Gasteiger partial charge in [0.15, 0.2) is 11.5 Å². The Hall–Kier alpha value is -4.79. The first-order valence-electron chi connectivity index (χ1n) is 13.5. The molecule has 41 heavy (non-hydrogen) atoms. The van der Waals surface area contributed by atoms with Crippen LogP contribution >= 0.6 is 0 Å².